The Balaban J connectivity index is 1.59. The molecular formula is C20H23ClN6O. The van der Waals surface area contributed by atoms with E-state index in [1.165, 1.54) is 24.7 Å². The van der Waals surface area contributed by atoms with E-state index in [1.54, 1.807) is 6.07 Å². The number of aromatic nitrogens is 4. The predicted molar refractivity (Wildman–Crippen MR) is 110 cm³/mol. The van der Waals surface area contributed by atoms with Crippen LogP contribution in [-0.2, 0) is 11.3 Å². The Hall–Kier alpha value is -2.67. The van der Waals surface area contributed by atoms with E-state index in [0.29, 0.717) is 29.9 Å². The Morgan fingerprint density at radius 3 is 2.93 bits per heavy atom. The van der Waals surface area contributed by atoms with E-state index in [1.807, 2.05) is 0 Å². The molecule has 0 amide bonds. The maximum Gasteiger partial charge on any atom is 0.160 e. The van der Waals surface area contributed by atoms with Crippen LogP contribution in [0.5, 0.6) is 0 Å². The smallest absolute Gasteiger partial charge is 0.160 e. The number of halogens is 1. The van der Waals surface area contributed by atoms with Crippen LogP contribution in [0, 0.1) is 0 Å². The summed E-state index contributed by atoms with van der Waals surface area (Å²) in [6, 6.07) is 3.94. The van der Waals surface area contributed by atoms with Crippen LogP contribution in [0.15, 0.2) is 30.9 Å². The molecule has 0 radical (unpaired) electrons. The van der Waals surface area contributed by atoms with Crippen LogP contribution in [0.3, 0.4) is 0 Å². The van der Waals surface area contributed by atoms with Crippen molar-refractivity contribution in [2.24, 2.45) is 0 Å². The van der Waals surface area contributed by atoms with Gasteiger partial charge in [0.1, 0.15) is 23.6 Å². The van der Waals surface area contributed by atoms with Crippen LogP contribution in [0.1, 0.15) is 42.9 Å². The number of carbonyl (C=O) groups excluding carboxylic acids is 1. The van der Waals surface area contributed by atoms with Crippen LogP contribution in [0.25, 0.3) is 5.65 Å². The number of imidazole rings is 1. The van der Waals surface area contributed by atoms with Crippen molar-refractivity contribution in [1.29, 1.82) is 0 Å². The molecule has 0 spiro atoms. The van der Waals surface area contributed by atoms with Gasteiger partial charge in [-0.15, -0.1) is 0 Å². The molecule has 0 atom stereocenters. The molecule has 8 heteroatoms. The molecule has 3 aromatic heterocycles. The van der Waals surface area contributed by atoms with Crippen LogP contribution in [-0.4, -0.2) is 39.2 Å². The molecule has 1 saturated carbocycles. The Bertz CT molecular complexity index is 984. The van der Waals surface area contributed by atoms with Crippen molar-refractivity contribution in [2.45, 2.75) is 38.1 Å². The van der Waals surface area contributed by atoms with Crippen LogP contribution < -0.4 is 10.2 Å². The van der Waals surface area contributed by atoms with Crippen molar-refractivity contribution in [2.75, 3.05) is 23.8 Å². The van der Waals surface area contributed by atoms with E-state index in [4.69, 9.17) is 16.6 Å². The summed E-state index contributed by atoms with van der Waals surface area (Å²) in [5.41, 5.74) is 4.30. The van der Waals surface area contributed by atoms with Gasteiger partial charge in [-0.1, -0.05) is 11.6 Å². The molecule has 1 aliphatic carbocycles. The first-order chi connectivity index (χ1) is 13.6. The minimum absolute atomic E-state index is 0.404. The predicted octanol–water partition coefficient (Wildman–Crippen LogP) is 3.68. The van der Waals surface area contributed by atoms with Crippen molar-refractivity contribution in [3.63, 3.8) is 0 Å². The summed E-state index contributed by atoms with van der Waals surface area (Å²) >= 11 is 5.91. The van der Waals surface area contributed by atoms with Gasteiger partial charge in [-0.3, -0.25) is 0 Å². The highest BCUT2D eigenvalue weighted by atomic mass is 35.5. The van der Waals surface area contributed by atoms with Gasteiger partial charge < -0.3 is 19.4 Å². The molecule has 1 fully saturated rings. The number of aldehydes is 1. The quantitative estimate of drug-likeness (QED) is 0.336. The van der Waals surface area contributed by atoms with Crippen molar-refractivity contribution in [3.8, 4) is 0 Å². The Morgan fingerprint density at radius 1 is 1.32 bits per heavy atom. The van der Waals surface area contributed by atoms with Gasteiger partial charge in [0.15, 0.2) is 5.65 Å². The third kappa shape index (κ3) is 4.25. The maximum atomic E-state index is 10.6. The number of nitrogens with one attached hydrogen (secondary N) is 1. The van der Waals surface area contributed by atoms with Gasteiger partial charge in [0.2, 0.25) is 0 Å². The molecule has 0 aromatic carbocycles. The zero-order valence-electron chi connectivity index (χ0n) is 15.8. The van der Waals surface area contributed by atoms with Crippen LogP contribution in [0.2, 0.25) is 5.15 Å². The number of anilines is 2. The van der Waals surface area contributed by atoms with Gasteiger partial charge >= 0.3 is 0 Å². The molecular weight excluding hydrogens is 376 g/mol. The average Bonchev–Trinajstić information content (AvgIpc) is 3.45. The summed E-state index contributed by atoms with van der Waals surface area (Å²) in [6.45, 7) is 1.37. The standard InChI is InChI=1S/C20H23ClN6O/c1-26(6-2-3-7-28)17-8-15(14-4-5-14)11-27-12-16(25-20(17)27)10-22-19-9-18(21)23-13-24-19/h7-9,11-14H,2-6,10H2,1H3,(H,22,23,24). The highest BCUT2D eigenvalue weighted by Crippen LogP contribution is 2.41. The minimum atomic E-state index is 0.404. The molecule has 3 heterocycles. The normalized spacial score (nSPS) is 13.6. The molecule has 0 unspecified atom stereocenters. The van der Waals surface area contributed by atoms with Crippen molar-refractivity contribution < 1.29 is 4.79 Å². The SMILES string of the molecule is CN(CCCC=O)c1cc(C2CC2)cn2cc(CNc3cc(Cl)ncn3)nc12. The molecule has 146 valence electrons. The highest BCUT2D eigenvalue weighted by Gasteiger charge is 2.25. The Kier molecular flexibility index (Phi) is 5.43. The zero-order chi connectivity index (χ0) is 19.5. The lowest BCUT2D eigenvalue weighted by Crippen LogP contribution is -2.19. The largest absolute Gasteiger partial charge is 0.372 e. The van der Waals surface area contributed by atoms with E-state index in [-0.39, 0.29) is 0 Å². The van der Waals surface area contributed by atoms with Crippen LogP contribution in [0.4, 0.5) is 11.5 Å². The number of fused-ring (bicyclic) bond motifs is 1. The van der Waals surface area contributed by atoms with Gasteiger partial charge in [-0.2, -0.15) is 0 Å². The number of hydrogen-bond donors (Lipinski definition) is 1. The molecule has 0 saturated heterocycles. The molecule has 0 bridgehead atoms. The lowest BCUT2D eigenvalue weighted by Gasteiger charge is -2.20. The second-order valence-corrected chi connectivity index (χ2v) is 7.59. The van der Waals surface area contributed by atoms with Crippen LogP contribution >= 0.6 is 11.6 Å². The van der Waals surface area contributed by atoms with Gasteiger partial charge in [-0.25, -0.2) is 15.0 Å². The molecule has 4 rings (SSSR count). The first-order valence-corrected chi connectivity index (χ1v) is 9.89. The highest BCUT2D eigenvalue weighted by molar-refractivity contribution is 6.29. The molecule has 0 aliphatic heterocycles. The summed E-state index contributed by atoms with van der Waals surface area (Å²) in [4.78, 5) is 25.7. The number of rotatable bonds is 9. The molecule has 1 N–H and O–H groups in total. The molecule has 1 aliphatic rings. The summed E-state index contributed by atoms with van der Waals surface area (Å²) in [5.74, 6) is 1.32. The third-order valence-electron chi connectivity index (χ3n) is 4.96. The summed E-state index contributed by atoms with van der Waals surface area (Å²) in [6.07, 6.45) is 10.6. The van der Waals surface area contributed by atoms with Gasteiger partial charge in [0, 0.05) is 38.5 Å². The van der Waals surface area contributed by atoms with E-state index in [0.717, 1.165) is 36.3 Å². The van der Waals surface area contributed by atoms with Crippen molar-refractivity contribution in [3.05, 3.63) is 47.3 Å². The Labute approximate surface area is 168 Å². The first kappa shape index (κ1) is 18.7. The minimum Gasteiger partial charge on any atom is -0.372 e. The molecule has 7 nitrogen and oxygen atoms in total. The van der Waals surface area contributed by atoms with E-state index in [9.17, 15) is 4.79 Å². The van der Waals surface area contributed by atoms with Crippen molar-refractivity contribution in [1.82, 2.24) is 19.4 Å². The second-order valence-electron chi connectivity index (χ2n) is 7.21. The lowest BCUT2D eigenvalue weighted by atomic mass is 10.1. The maximum absolute atomic E-state index is 10.6. The van der Waals surface area contributed by atoms with Gasteiger partial charge in [0.25, 0.3) is 0 Å². The average molecular weight is 399 g/mol. The zero-order valence-corrected chi connectivity index (χ0v) is 16.6. The Morgan fingerprint density at radius 2 is 2.18 bits per heavy atom. The number of hydrogen-bond acceptors (Lipinski definition) is 6. The fourth-order valence-electron chi connectivity index (χ4n) is 3.30. The van der Waals surface area contributed by atoms with Crippen molar-refractivity contribution >= 4 is 35.0 Å². The fraction of sp³-hybridized carbons (Fsp3) is 0.400. The molecule has 3 aromatic rings. The number of unbranched alkanes of at least 4 members (excludes halogenated alkanes) is 1. The van der Waals surface area contributed by atoms with Gasteiger partial charge in [0.05, 0.1) is 17.9 Å². The topological polar surface area (TPSA) is 75.4 Å². The summed E-state index contributed by atoms with van der Waals surface area (Å²) < 4.78 is 2.11. The monoisotopic (exact) mass is 398 g/mol. The third-order valence-corrected chi connectivity index (χ3v) is 5.17. The first-order valence-electron chi connectivity index (χ1n) is 9.52. The number of nitrogens with zero attached hydrogens (tertiary/aromatic N) is 5. The summed E-state index contributed by atoms with van der Waals surface area (Å²) in [5, 5.41) is 3.64. The fourth-order valence-corrected chi connectivity index (χ4v) is 3.45. The van der Waals surface area contributed by atoms with Gasteiger partial charge in [-0.05, 0) is 36.8 Å². The lowest BCUT2D eigenvalue weighted by molar-refractivity contribution is -0.107. The van der Waals surface area contributed by atoms with E-state index >= 15 is 0 Å². The molecule has 28 heavy (non-hydrogen) atoms. The number of carbonyl (C=O) groups is 1. The second kappa shape index (κ2) is 8.14. The summed E-state index contributed by atoms with van der Waals surface area (Å²) in [7, 11) is 2.06. The van der Waals surface area contributed by atoms with E-state index in [2.05, 4.69) is 50.1 Å². The number of pyridine rings is 1. The van der Waals surface area contributed by atoms with E-state index < -0.39 is 0 Å².